The van der Waals surface area contributed by atoms with Crippen LogP contribution in [0.3, 0.4) is 0 Å². The Kier molecular flexibility index (Phi) is 6.04. The summed E-state index contributed by atoms with van der Waals surface area (Å²) in [6.07, 6.45) is 5.59. The fourth-order valence-electron chi connectivity index (χ4n) is 1.39. The maximum absolute atomic E-state index is 11.8. The largest absolute Gasteiger partial charge is 0.326 e. The van der Waals surface area contributed by atoms with Gasteiger partial charge < -0.3 is 16.4 Å². The van der Waals surface area contributed by atoms with Gasteiger partial charge in [-0.3, -0.25) is 9.59 Å². The highest BCUT2D eigenvalue weighted by Gasteiger charge is 2.14. The van der Waals surface area contributed by atoms with Crippen LogP contribution in [0, 0.1) is 12.3 Å². The van der Waals surface area contributed by atoms with E-state index in [4.69, 9.17) is 23.8 Å². The molecule has 0 saturated carbocycles. The summed E-state index contributed by atoms with van der Waals surface area (Å²) in [5.41, 5.74) is 6.52. The van der Waals surface area contributed by atoms with E-state index in [0.29, 0.717) is 22.8 Å². The molecule has 0 aliphatic rings. The number of anilines is 2. The van der Waals surface area contributed by atoms with E-state index in [-0.39, 0.29) is 12.3 Å². The molecule has 1 unspecified atom stereocenters. The zero-order valence-corrected chi connectivity index (χ0v) is 11.8. The lowest BCUT2D eigenvalue weighted by molar-refractivity contribution is -0.117. The molecule has 1 aromatic rings. The van der Waals surface area contributed by atoms with Gasteiger partial charge in [-0.1, -0.05) is 18.5 Å². The molecule has 1 atom stereocenters. The first kappa shape index (κ1) is 16.0. The summed E-state index contributed by atoms with van der Waals surface area (Å²) in [7, 11) is 0. The van der Waals surface area contributed by atoms with Gasteiger partial charge in [-0.05, 0) is 18.2 Å². The lowest BCUT2D eigenvalue weighted by Crippen LogP contribution is -2.35. The molecule has 4 N–H and O–H groups in total. The van der Waals surface area contributed by atoms with E-state index in [1.807, 2.05) is 0 Å². The van der Waals surface area contributed by atoms with E-state index in [1.54, 1.807) is 25.1 Å². The van der Waals surface area contributed by atoms with Gasteiger partial charge >= 0.3 is 0 Å². The fourth-order valence-corrected chi connectivity index (χ4v) is 1.56. The monoisotopic (exact) mass is 293 g/mol. The molecule has 0 fully saturated rings. The first-order valence-electron chi connectivity index (χ1n) is 6.07. The first-order valence-corrected chi connectivity index (χ1v) is 6.45. The summed E-state index contributed by atoms with van der Waals surface area (Å²) >= 11 is 5.98. The lowest BCUT2D eigenvalue weighted by atomic mass is 10.2. The van der Waals surface area contributed by atoms with Crippen LogP contribution in [0.15, 0.2) is 18.2 Å². The van der Waals surface area contributed by atoms with E-state index in [0.717, 1.165) is 0 Å². The predicted molar refractivity (Wildman–Crippen MR) is 80.4 cm³/mol. The maximum atomic E-state index is 11.8. The van der Waals surface area contributed by atoms with Crippen molar-refractivity contribution in [2.75, 3.05) is 10.6 Å². The Bertz CT molecular complexity index is 552. The summed E-state index contributed by atoms with van der Waals surface area (Å²) in [6.45, 7) is 1.74. The molecule has 106 valence electrons. The Morgan fingerprint density at radius 3 is 2.75 bits per heavy atom. The van der Waals surface area contributed by atoms with Crippen molar-refractivity contribution in [3.05, 3.63) is 23.2 Å². The summed E-state index contributed by atoms with van der Waals surface area (Å²) in [4.78, 5) is 23.1. The second-order valence-corrected chi connectivity index (χ2v) is 4.51. The van der Waals surface area contributed by atoms with Crippen molar-refractivity contribution in [3.63, 3.8) is 0 Å². The second-order valence-electron chi connectivity index (χ2n) is 4.10. The topological polar surface area (TPSA) is 84.2 Å². The standard InChI is InChI=1S/C14H16ClN3O2/c1-3-5-11(16)14(20)18-12-8-9(6-7-10(12)15)17-13(19)4-2/h1,6-8,11H,4-5,16H2,2H3,(H,17,19)(H,18,20). The van der Waals surface area contributed by atoms with Crippen LogP contribution in [0.5, 0.6) is 0 Å². The van der Waals surface area contributed by atoms with Crippen LogP contribution in [-0.2, 0) is 9.59 Å². The van der Waals surface area contributed by atoms with E-state index < -0.39 is 11.9 Å². The minimum atomic E-state index is -0.801. The smallest absolute Gasteiger partial charge is 0.242 e. The van der Waals surface area contributed by atoms with Crippen molar-refractivity contribution >= 4 is 34.8 Å². The number of amides is 2. The number of benzene rings is 1. The minimum absolute atomic E-state index is 0.131. The summed E-state index contributed by atoms with van der Waals surface area (Å²) in [5, 5.41) is 5.61. The third kappa shape index (κ3) is 4.57. The Morgan fingerprint density at radius 1 is 1.45 bits per heavy atom. The van der Waals surface area contributed by atoms with Gasteiger partial charge in [-0.15, -0.1) is 12.3 Å². The molecule has 1 rings (SSSR count). The highest BCUT2D eigenvalue weighted by atomic mass is 35.5. The summed E-state index contributed by atoms with van der Waals surface area (Å²) in [5.74, 6) is 1.76. The van der Waals surface area contributed by atoms with Gasteiger partial charge in [0.1, 0.15) is 0 Å². The number of rotatable bonds is 5. The molecule has 0 heterocycles. The molecule has 5 nitrogen and oxygen atoms in total. The summed E-state index contributed by atoms with van der Waals surface area (Å²) < 4.78 is 0. The number of nitrogens with one attached hydrogen (secondary N) is 2. The summed E-state index contributed by atoms with van der Waals surface area (Å²) in [6, 6.07) is 3.99. The van der Waals surface area contributed by atoms with Gasteiger partial charge in [0.15, 0.2) is 0 Å². The van der Waals surface area contributed by atoms with E-state index >= 15 is 0 Å². The fraction of sp³-hybridized carbons (Fsp3) is 0.286. The Hall–Kier alpha value is -2.03. The Labute approximate surface area is 122 Å². The SMILES string of the molecule is C#CCC(N)C(=O)Nc1cc(NC(=O)CC)ccc1Cl. The molecule has 0 aliphatic heterocycles. The predicted octanol–water partition coefficient (Wildman–Crippen LogP) is 1.98. The molecule has 20 heavy (non-hydrogen) atoms. The normalized spacial score (nSPS) is 11.3. The second kappa shape index (κ2) is 7.53. The highest BCUT2D eigenvalue weighted by Crippen LogP contribution is 2.25. The number of carbonyl (C=O) groups is 2. The third-order valence-electron chi connectivity index (χ3n) is 2.50. The molecule has 0 bridgehead atoms. The molecule has 6 heteroatoms. The maximum Gasteiger partial charge on any atom is 0.242 e. The van der Waals surface area contributed by atoms with E-state index in [1.165, 1.54) is 0 Å². The van der Waals surface area contributed by atoms with Crippen LogP contribution in [-0.4, -0.2) is 17.9 Å². The zero-order valence-electron chi connectivity index (χ0n) is 11.1. The van der Waals surface area contributed by atoms with Crippen LogP contribution < -0.4 is 16.4 Å². The quantitative estimate of drug-likeness (QED) is 0.726. The Balaban J connectivity index is 2.84. The molecular formula is C14H16ClN3O2. The van der Waals surface area contributed by atoms with Crippen LogP contribution in [0.2, 0.25) is 5.02 Å². The first-order chi connectivity index (χ1) is 9.47. The van der Waals surface area contributed by atoms with Gasteiger partial charge in [0.2, 0.25) is 11.8 Å². The van der Waals surface area contributed by atoms with Crippen LogP contribution >= 0.6 is 11.6 Å². The van der Waals surface area contributed by atoms with Crippen molar-refractivity contribution in [1.82, 2.24) is 0 Å². The van der Waals surface area contributed by atoms with Gasteiger partial charge in [0.05, 0.1) is 16.8 Å². The van der Waals surface area contributed by atoms with E-state index in [9.17, 15) is 9.59 Å². The van der Waals surface area contributed by atoms with E-state index in [2.05, 4.69) is 16.6 Å². The van der Waals surface area contributed by atoms with Gasteiger partial charge in [0.25, 0.3) is 0 Å². The number of hydrogen-bond acceptors (Lipinski definition) is 3. The molecule has 0 saturated heterocycles. The van der Waals surface area contributed by atoms with Crippen LogP contribution in [0.4, 0.5) is 11.4 Å². The minimum Gasteiger partial charge on any atom is -0.326 e. The molecule has 0 radical (unpaired) electrons. The van der Waals surface area contributed by atoms with Crippen molar-refractivity contribution in [2.45, 2.75) is 25.8 Å². The van der Waals surface area contributed by atoms with Crippen molar-refractivity contribution in [1.29, 1.82) is 0 Å². The number of hydrogen-bond donors (Lipinski definition) is 3. The molecule has 0 aromatic heterocycles. The molecule has 0 spiro atoms. The zero-order chi connectivity index (χ0) is 15.1. The molecule has 0 aliphatic carbocycles. The van der Waals surface area contributed by atoms with Crippen LogP contribution in [0.25, 0.3) is 0 Å². The number of nitrogens with two attached hydrogens (primary N) is 1. The van der Waals surface area contributed by atoms with Crippen molar-refractivity contribution in [2.24, 2.45) is 5.73 Å². The van der Waals surface area contributed by atoms with Crippen LogP contribution in [0.1, 0.15) is 19.8 Å². The van der Waals surface area contributed by atoms with Gasteiger partial charge in [-0.2, -0.15) is 0 Å². The molecule has 2 amide bonds. The van der Waals surface area contributed by atoms with Crippen molar-refractivity contribution < 1.29 is 9.59 Å². The average Bonchev–Trinajstić information content (AvgIpc) is 2.42. The number of carbonyl (C=O) groups excluding carboxylic acids is 2. The highest BCUT2D eigenvalue weighted by molar-refractivity contribution is 6.34. The Morgan fingerprint density at radius 2 is 2.15 bits per heavy atom. The number of terminal acetylenes is 1. The van der Waals surface area contributed by atoms with Gasteiger partial charge in [0, 0.05) is 18.5 Å². The lowest BCUT2D eigenvalue weighted by Gasteiger charge is -2.12. The molecule has 1 aromatic carbocycles. The van der Waals surface area contributed by atoms with Crippen molar-refractivity contribution in [3.8, 4) is 12.3 Å². The van der Waals surface area contributed by atoms with Gasteiger partial charge in [-0.25, -0.2) is 0 Å². The average molecular weight is 294 g/mol. The number of halogens is 1. The molecular weight excluding hydrogens is 278 g/mol. The third-order valence-corrected chi connectivity index (χ3v) is 2.83.